The number of hydrogen-bond acceptors (Lipinski definition) is 4. The Kier molecular flexibility index (Phi) is 7.65. The molecule has 0 atom stereocenters. The number of benzene rings is 3. The van der Waals surface area contributed by atoms with E-state index in [1.165, 1.54) is 0 Å². The highest BCUT2D eigenvalue weighted by atomic mass is 35.5. The van der Waals surface area contributed by atoms with Crippen LogP contribution in [0.4, 0.5) is 0 Å². The van der Waals surface area contributed by atoms with Gasteiger partial charge in [0.2, 0.25) is 5.91 Å². The Bertz CT molecular complexity index is 1580. The molecule has 0 aliphatic carbocycles. The van der Waals surface area contributed by atoms with Gasteiger partial charge in [-0.3, -0.25) is 14.4 Å². The lowest BCUT2D eigenvalue weighted by Gasteiger charge is -2.39. The number of carboxylic acids is 1. The average Bonchev–Trinajstić information content (AvgIpc) is 3.31. The minimum atomic E-state index is -1.10. The summed E-state index contributed by atoms with van der Waals surface area (Å²) >= 11 is 12.7. The van der Waals surface area contributed by atoms with Gasteiger partial charge in [-0.25, -0.2) is 4.68 Å². The number of rotatable bonds is 7. The standard InChI is InChI=1S/C30H26Cl2N4O4/c31-21-12-10-19(11-13-21)27-22(18-25(33)37)26(34-36(27)24-9-5-4-8-23(24)32)28(38)35-16-14-30(15-17-35,29(39)40)20-6-2-1-3-7-20/h1-13H,14-18H2,(H2,33,37)(H,39,40). The van der Waals surface area contributed by atoms with Crippen molar-refractivity contribution in [2.45, 2.75) is 24.7 Å². The van der Waals surface area contributed by atoms with Crippen LogP contribution in [0, 0.1) is 0 Å². The second-order valence-corrected chi connectivity index (χ2v) is 10.6. The van der Waals surface area contributed by atoms with Gasteiger partial charge in [0.1, 0.15) is 0 Å². The Morgan fingerprint density at radius 3 is 2.12 bits per heavy atom. The molecule has 0 unspecified atom stereocenters. The van der Waals surface area contributed by atoms with E-state index in [4.69, 9.17) is 28.9 Å². The third kappa shape index (κ3) is 5.08. The second kappa shape index (κ2) is 11.2. The summed E-state index contributed by atoms with van der Waals surface area (Å²) in [6, 6.07) is 23.1. The van der Waals surface area contributed by atoms with Crippen molar-refractivity contribution in [3.8, 4) is 16.9 Å². The van der Waals surface area contributed by atoms with Crippen molar-refractivity contribution in [3.05, 3.63) is 106 Å². The molecule has 2 heterocycles. The summed E-state index contributed by atoms with van der Waals surface area (Å²) in [5.41, 5.74) is 7.35. The van der Waals surface area contributed by atoms with Crippen LogP contribution in [-0.4, -0.2) is 50.7 Å². The van der Waals surface area contributed by atoms with Gasteiger partial charge in [0.05, 0.1) is 28.2 Å². The average molecular weight is 577 g/mol. The number of piperidine rings is 1. The molecule has 0 radical (unpaired) electrons. The molecule has 204 valence electrons. The van der Waals surface area contributed by atoms with Crippen LogP contribution in [0.3, 0.4) is 0 Å². The Labute approximate surface area is 240 Å². The predicted octanol–water partition coefficient (Wildman–Crippen LogP) is 5.13. The van der Waals surface area contributed by atoms with Gasteiger partial charge in [0.25, 0.3) is 5.91 Å². The summed E-state index contributed by atoms with van der Waals surface area (Å²) in [5, 5.41) is 15.8. The van der Waals surface area contributed by atoms with Crippen molar-refractivity contribution in [2.75, 3.05) is 13.1 Å². The molecule has 0 bridgehead atoms. The van der Waals surface area contributed by atoms with E-state index in [1.54, 1.807) is 70.2 Å². The fourth-order valence-corrected chi connectivity index (χ4v) is 5.63. The van der Waals surface area contributed by atoms with E-state index in [2.05, 4.69) is 5.10 Å². The molecule has 1 aliphatic rings. The molecular formula is C30H26Cl2N4O4. The lowest BCUT2D eigenvalue weighted by atomic mass is 9.73. The summed E-state index contributed by atoms with van der Waals surface area (Å²) in [6.45, 7) is 0.399. The third-order valence-electron chi connectivity index (χ3n) is 7.38. The summed E-state index contributed by atoms with van der Waals surface area (Å²) in [7, 11) is 0. The normalized spacial score (nSPS) is 14.6. The number of amides is 2. The summed E-state index contributed by atoms with van der Waals surface area (Å²) in [6.07, 6.45) is 0.234. The number of nitrogens with zero attached hydrogens (tertiary/aromatic N) is 3. The van der Waals surface area contributed by atoms with E-state index < -0.39 is 23.2 Å². The van der Waals surface area contributed by atoms with Gasteiger partial charge in [-0.05, 0) is 42.7 Å². The van der Waals surface area contributed by atoms with Gasteiger partial charge in [-0.2, -0.15) is 5.10 Å². The largest absolute Gasteiger partial charge is 0.481 e. The van der Waals surface area contributed by atoms with Gasteiger partial charge < -0.3 is 15.7 Å². The number of hydrogen-bond donors (Lipinski definition) is 2. The van der Waals surface area contributed by atoms with Crippen molar-refractivity contribution in [1.29, 1.82) is 0 Å². The molecule has 1 saturated heterocycles. The van der Waals surface area contributed by atoms with E-state index in [0.29, 0.717) is 38.1 Å². The van der Waals surface area contributed by atoms with E-state index in [9.17, 15) is 19.5 Å². The number of para-hydroxylation sites is 1. The second-order valence-electron chi connectivity index (χ2n) is 9.73. The number of carbonyl (C=O) groups excluding carboxylic acids is 2. The number of primary amides is 1. The summed E-state index contributed by atoms with van der Waals surface area (Å²) in [5.74, 6) is -1.96. The number of carbonyl (C=O) groups is 3. The Balaban J connectivity index is 1.58. The van der Waals surface area contributed by atoms with Crippen LogP contribution in [-0.2, 0) is 21.4 Å². The molecule has 8 nitrogen and oxygen atoms in total. The number of halogens is 2. The molecule has 3 aromatic carbocycles. The number of aliphatic carboxylic acids is 1. The molecule has 1 aliphatic heterocycles. The molecule has 10 heteroatoms. The lowest BCUT2D eigenvalue weighted by molar-refractivity contribution is -0.145. The fourth-order valence-electron chi connectivity index (χ4n) is 5.29. The maximum atomic E-state index is 14.0. The molecule has 1 fully saturated rings. The quantitative estimate of drug-likeness (QED) is 0.316. The molecule has 1 aromatic heterocycles. The number of aromatic nitrogens is 2. The molecular weight excluding hydrogens is 551 g/mol. The zero-order valence-corrected chi connectivity index (χ0v) is 22.9. The van der Waals surface area contributed by atoms with Crippen LogP contribution in [0.5, 0.6) is 0 Å². The molecule has 40 heavy (non-hydrogen) atoms. The number of carboxylic acid groups (broad SMARTS) is 1. The van der Waals surface area contributed by atoms with Gasteiger partial charge >= 0.3 is 5.97 Å². The van der Waals surface area contributed by atoms with Crippen LogP contribution < -0.4 is 5.73 Å². The Morgan fingerprint density at radius 1 is 0.900 bits per heavy atom. The van der Waals surface area contributed by atoms with Crippen LogP contribution in [0.15, 0.2) is 78.9 Å². The van der Waals surface area contributed by atoms with E-state index >= 15 is 0 Å². The highest BCUT2D eigenvalue weighted by Gasteiger charge is 2.44. The zero-order chi connectivity index (χ0) is 28.4. The molecule has 0 saturated carbocycles. The van der Waals surface area contributed by atoms with Gasteiger partial charge in [-0.15, -0.1) is 0 Å². The van der Waals surface area contributed by atoms with Crippen LogP contribution in [0.25, 0.3) is 16.9 Å². The maximum absolute atomic E-state index is 14.0. The maximum Gasteiger partial charge on any atom is 0.314 e. The number of nitrogens with two attached hydrogens (primary N) is 1. The lowest BCUT2D eigenvalue weighted by Crippen LogP contribution is -2.49. The molecule has 5 rings (SSSR count). The summed E-state index contributed by atoms with van der Waals surface area (Å²) < 4.78 is 1.55. The third-order valence-corrected chi connectivity index (χ3v) is 7.95. The fraction of sp³-hybridized carbons (Fsp3) is 0.200. The smallest absolute Gasteiger partial charge is 0.314 e. The van der Waals surface area contributed by atoms with E-state index in [0.717, 1.165) is 0 Å². The van der Waals surface area contributed by atoms with Gasteiger partial charge in [0, 0.05) is 29.2 Å². The van der Waals surface area contributed by atoms with Crippen molar-refractivity contribution in [1.82, 2.24) is 14.7 Å². The highest BCUT2D eigenvalue weighted by Crippen LogP contribution is 2.38. The van der Waals surface area contributed by atoms with Crippen LogP contribution in [0.2, 0.25) is 10.0 Å². The Morgan fingerprint density at radius 2 is 1.52 bits per heavy atom. The first-order chi connectivity index (χ1) is 19.2. The molecule has 2 amide bonds. The van der Waals surface area contributed by atoms with Crippen molar-refractivity contribution >= 4 is 41.0 Å². The highest BCUT2D eigenvalue weighted by molar-refractivity contribution is 6.32. The van der Waals surface area contributed by atoms with Crippen molar-refractivity contribution in [2.24, 2.45) is 5.73 Å². The molecule has 3 N–H and O–H groups in total. The predicted molar refractivity (Wildman–Crippen MR) is 153 cm³/mol. The first-order valence-electron chi connectivity index (χ1n) is 12.7. The zero-order valence-electron chi connectivity index (χ0n) is 21.4. The van der Waals surface area contributed by atoms with Gasteiger partial charge in [0.15, 0.2) is 5.69 Å². The first-order valence-corrected chi connectivity index (χ1v) is 13.5. The monoisotopic (exact) mass is 576 g/mol. The van der Waals surface area contributed by atoms with E-state index in [1.807, 2.05) is 18.2 Å². The molecule has 4 aromatic rings. The van der Waals surface area contributed by atoms with Crippen LogP contribution in [0.1, 0.15) is 34.5 Å². The van der Waals surface area contributed by atoms with Crippen LogP contribution >= 0.6 is 23.2 Å². The first kappa shape index (κ1) is 27.4. The van der Waals surface area contributed by atoms with Gasteiger partial charge in [-0.1, -0.05) is 77.8 Å². The topological polar surface area (TPSA) is 119 Å². The minimum Gasteiger partial charge on any atom is -0.481 e. The minimum absolute atomic E-state index is 0.0613. The van der Waals surface area contributed by atoms with E-state index in [-0.39, 0.29) is 38.0 Å². The molecule has 0 spiro atoms. The summed E-state index contributed by atoms with van der Waals surface area (Å²) in [4.78, 5) is 40.2. The SMILES string of the molecule is NC(=O)Cc1c(C(=O)N2CCC(C(=O)O)(c3ccccc3)CC2)nn(-c2ccccc2Cl)c1-c1ccc(Cl)cc1. The van der Waals surface area contributed by atoms with Crippen molar-refractivity contribution < 1.29 is 19.5 Å². The Hall–Kier alpha value is -4.14. The van der Waals surface area contributed by atoms with Crippen molar-refractivity contribution in [3.63, 3.8) is 0 Å². The number of likely N-dealkylation sites (tertiary alicyclic amines) is 1.